The molecular weight excluding hydrogens is 276 g/mol. The lowest BCUT2D eigenvalue weighted by Crippen LogP contribution is -2.39. The smallest absolute Gasteiger partial charge is 0.0399 e. The molecule has 2 nitrogen and oxygen atoms in total. The number of benzene rings is 1. The summed E-state index contributed by atoms with van der Waals surface area (Å²) in [4.78, 5) is 3.96. The van der Waals surface area contributed by atoms with Crippen molar-refractivity contribution >= 4 is 17.0 Å². The van der Waals surface area contributed by atoms with Crippen LogP contribution in [0.3, 0.4) is 0 Å². The standard InChI is InChI=1S/C18H24N2S/c1-14-12-16-6-3-4-7-17(16)20(13-14)10-9-19-15(2)18-8-5-11-21-18/h3-8,11,14-15,19H,9-10,12-13H2,1-2H3. The van der Waals surface area contributed by atoms with Crippen molar-refractivity contribution in [3.63, 3.8) is 0 Å². The number of hydrogen-bond acceptors (Lipinski definition) is 3. The van der Waals surface area contributed by atoms with Crippen molar-refractivity contribution in [3.8, 4) is 0 Å². The first kappa shape index (κ1) is 14.6. The molecular formula is C18H24N2S. The fraction of sp³-hybridized carbons (Fsp3) is 0.444. The Balaban J connectivity index is 1.58. The molecule has 3 rings (SSSR count). The van der Waals surface area contributed by atoms with Crippen molar-refractivity contribution in [2.45, 2.75) is 26.3 Å². The molecule has 0 spiro atoms. The van der Waals surface area contributed by atoms with Gasteiger partial charge in [0, 0.05) is 36.2 Å². The summed E-state index contributed by atoms with van der Waals surface area (Å²) in [6, 6.07) is 13.6. The molecule has 1 aromatic carbocycles. The van der Waals surface area contributed by atoms with Crippen LogP contribution >= 0.6 is 11.3 Å². The molecule has 112 valence electrons. The summed E-state index contributed by atoms with van der Waals surface area (Å²) in [5.41, 5.74) is 2.93. The van der Waals surface area contributed by atoms with Crippen LogP contribution in [0, 0.1) is 5.92 Å². The molecule has 0 fully saturated rings. The molecule has 2 heterocycles. The maximum atomic E-state index is 3.65. The fourth-order valence-electron chi connectivity index (χ4n) is 3.17. The Labute approximate surface area is 131 Å². The van der Waals surface area contributed by atoms with Gasteiger partial charge in [-0.05, 0) is 42.3 Å². The van der Waals surface area contributed by atoms with E-state index < -0.39 is 0 Å². The first-order valence-electron chi connectivity index (χ1n) is 7.83. The number of fused-ring (bicyclic) bond motifs is 1. The van der Waals surface area contributed by atoms with Gasteiger partial charge in [-0.15, -0.1) is 11.3 Å². The van der Waals surface area contributed by atoms with Crippen LogP contribution in [0.15, 0.2) is 41.8 Å². The van der Waals surface area contributed by atoms with E-state index in [0.29, 0.717) is 6.04 Å². The zero-order valence-electron chi connectivity index (χ0n) is 12.9. The predicted molar refractivity (Wildman–Crippen MR) is 92.3 cm³/mol. The predicted octanol–water partition coefficient (Wildman–Crippen LogP) is 4.10. The minimum atomic E-state index is 0.447. The summed E-state index contributed by atoms with van der Waals surface area (Å²) in [6.07, 6.45) is 1.21. The van der Waals surface area contributed by atoms with Crippen LogP contribution in [0.2, 0.25) is 0 Å². The Kier molecular flexibility index (Phi) is 4.61. The summed E-state index contributed by atoms with van der Waals surface area (Å²) in [5, 5.41) is 5.80. The van der Waals surface area contributed by atoms with Crippen LogP contribution in [0.4, 0.5) is 5.69 Å². The maximum absolute atomic E-state index is 3.65. The van der Waals surface area contributed by atoms with E-state index in [4.69, 9.17) is 0 Å². The third-order valence-corrected chi connectivity index (χ3v) is 5.29. The highest BCUT2D eigenvalue weighted by Gasteiger charge is 2.20. The van der Waals surface area contributed by atoms with Crippen molar-refractivity contribution in [3.05, 3.63) is 52.2 Å². The molecule has 0 saturated heterocycles. The molecule has 1 aliphatic rings. The lowest BCUT2D eigenvalue weighted by molar-refractivity contribution is 0.510. The van der Waals surface area contributed by atoms with Gasteiger partial charge < -0.3 is 10.2 Å². The Bertz CT molecular complexity index is 564. The summed E-state index contributed by atoms with van der Waals surface area (Å²) in [7, 11) is 0. The van der Waals surface area contributed by atoms with E-state index >= 15 is 0 Å². The van der Waals surface area contributed by atoms with Gasteiger partial charge in [-0.2, -0.15) is 0 Å². The maximum Gasteiger partial charge on any atom is 0.0399 e. The molecule has 0 radical (unpaired) electrons. The van der Waals surface area contributed by atoms with Crippen molar-refractivity contribution < 1.29 is 0 Å². The molecule has 1 aliphatic heterocycles. The van der Waals surface area contributed by atoms with Crippen LogP contribution in [-0.4, -0.2) is 19.6 Å². The van der Waals surface area contributed by atoms with E-state index in [0.717, 1.165) is 19.0 Å². The minimum absolute atomic E-state index is 0.447. The second-order valence-corrected chi connectivity index (χ2v) is 7.05. The minimum Gasteiger partial charge on any atom is -0.370 e. The number of nitrogens with zero attached hydrogens (tertiary/aromatic N) is 1. The van der Waals surface area contributed by atoms with E-state index in [1.807, 2.05) is 11.3 Å². The third kappa shape index (κ3) is 3.47. The van der Waals surface area contributed by atoms with Gasteiger partial charge in [-0.1, -0.05) is 31.2 Å². The van der Waals surface area contributed by atoms with E-state index in [1.54, 1.807) is 0 Å². The Morgan fingerprint density at radius 3 is 2.95 bits per heavy atom. The molecule has 2 aromatic rings. The summed E-state index contributed by atoms with van der Waals surface area (Å²) >= 11 is 1.83. The first-order chi connectivity index (χ1) is 10.2. The molecule has 2 unspecified atom stereocenters. The second kappa shape index (κ2) is 6.63. The van der Waals surface area contributed by atoms with Gasteiger partial charge in [-0.3, -0.25) is 0 Å². The van der Waals surface area contributed by atoms with E-state index in [9.17, 15) is 0 Å². The van der Waals surface area contributed by atoms with Gasteiger partial charge in [0.05, 0.1) is 0 Å². The summed E-state index contributed by atoms with van der Waals surface area (Å²) in [5.74, 6) is 0.745. The molecule has 0 saturated carbocycles. The topological polar surface area (TPSA) is 15.3 Å². The monoisotopic (exact) mass is 300 g/mol. The van der Waals surface area contributed by atoms with Crippen molar-refractivity contribution in [2.75, 3.05) is 24.5 Å². The van der Waals surface area contributed by atoms with Crippen molar-refractivity contribution in [1.82, 2.24) is 5.32 Å². The average Bonchev–Trinajstić information content (AvgIpc) is 3.01. The van der Waals surface area contributed by atoms with E-state index in [1.165, 1.54) is 29.1 Å². The van der Waals surface area contributed by atoms with Gasteiger partial charge >= 0.3 is 0 Å². The number of hydrogen-bond donors (Lipinski definition) is 1. The van der Waals surface area contributed by atoms with Crippen LogP contribution in [0.5, 0.6) is 0 Å². The largest absolute Gasteiger partial charge is 0.370 e. The van der Waals surface area contributed by atoms with Crippen LogP contribution in [0.1, 0.15) is 30.3 Å². The van der Waals surface area contributed by atoms with Gasteiger partial charge in [0.25, 0.3) is 0 Å². The number of thiophene rings is 1. The van der Waals surface area contributed by atoms with Crippen LogP contribution < -0.4 is 10.2 Å². The van der Waals surface area contributed by atoms with Gasteiger partial charge in [-0.25, -0.2) is 0 Å². The molecule has 21 heavy (non-hydrogen) atoms. The molecule has 1 aromatic heterocycles. The van der Waals surface area contributed by atoms with Crippen molar-refractivity contribution in [1.29, 1.82) is 0 Å². The number of nitrogens with one attached hydrogen (secondary N) is 1. The number of rotatable bonds is 5. The Morgan fingerprint density at radius 2 is 2.14 bits per heavy atom. The molecule has 0 bridgehead atoms. The zero-order chi connectivity index (χ0) is 14.7. The first-order valence-corrected chi connectivity index (χ1v) is 8.71. The summed E-state index contributed by atoms with van der Waals surface area (Å²) in [6.45, 7) is 7.88. The Morgan fingerprint density at radius 1 is 1.29 bits per heavy atom. The van der Waals surface area contributed by atoms with Gasteiger partial charge in [0.1, 0.15) is 0 Å². The number of para-hydroxylation sites is 1. The molecule has 3 heteroatoms. The number of anilines is 1. The van der Waals surface area contributed by atoms with Crippen molar-refractivity contribution in [2.24, 2.45) is 5.92 Å². The van der Waals surface area contributed by atoms with Crippen LogP contribution in [0.25, 0.3) is 0 Å². The van der Waals surface area contributed by atoms with Crippen LogP contribution in [-0.2, 0) is 6.42 Å². The van der Waals surface area contributed by atoms with Gasteiger partial charge in [0.2, 0.25) is 0 Å². The highest BCUT2D eigenvalue weighted by molar-refractivity contribution is 7.10. The van der Waals surface area contributed by atoms with E-state index in [-0.39, 0.29) is 0 Å². The molecule has 0 aliphatic carbocycles. The highest BCUT2D eigenvalue weighted by Crippen LogP contribution is 2.29. The second-order valence-electron chi connectivity index (χ2n) is 6.08. The average molecular weight is 300 g/mol. The Hall–Kier alpha value is -1.32. The molecule has 2 atom stereocenters. The normalized spacial score (nSPS) is 19.3. The molecule has 0 amide bonds. The summed E-state index contributed by atoms with van der Waals surface area (Å²) < 4.78 is 0. The van der Waals surface area contributed by atoms with Gasteiger partial charge in [0.15, 0.2) is 0 Å². The quantitative estimate of drug-likeness (QED) is 0.894. The van der Waals surface area contributed by atoms with E-state index in [2.05, 4.69) is 65.8 Å². The highest BCUT2D eigenvalue weighted by atomic mass is 32.1. The lowest BCUT2D eigenvalue weighted by Gasteiger charge is -2.35. The zero-order valence-corrected chi connectivity index (χ0v) is 13.7. The fourth-order valence-corrected chi connectivity index (χ4v) is 3.93. The third-order valence-electron chi connectivity index (χ3n) is 4.23. The lowest BCUT2D eigenvalue weighted by atomic mass is 9.94. The SMILES string of the molecule is CC1Cc2ccccc2N(CCNC(C)c2cccs2)C1. The molecule has 1 N–H and O–H groups in total.